The van der Waals surface area contributed by atoms with Gasteiger partial charge in [0.1, 0.15) is 0 Å². The molecule has 2 aromatic rings. The standard InChI is InChI=1S/C10H7NO3S2/c12-6-7-3-4-11-10-2-1-8(5-9(7)10)16(13,14)15/h1-6H,(H,13,14,15). The van der Waals surface area contributed by atoms with Gasteiger partial charge in [0.25, 0.3) is 0 Å². The predicted octanol–water partition coefficient (Wildman–Crippen LogP) is 1.63. The fourth-order valence-electron chi connectivity index (χ4n) is 1.41. The second kappa shape index (κ2) is 3.89. The van der Waals surface area contributed by atoms with Crippen LogP contribution in [0.1, 0.15) is 10.4 Å². The predicted molar refractivity (Wildman–Crippen MR) is 63.5 cm³/mol. The van der Waals surface area contributed by atoms with Gasteiger partial charge in [-0.15, -0.1) is 0 Å². The molecule has 0 bridgehead atoms. The van der Waals surface area contributed by atoms with Crippen molar-refractivity contribution in [1.29, 1.82) is 0 Å². The van der Waals surface area contributed by atoms with E-state index >= 15 is 0 Å². The number of aromatic nitrogens is 1. The molecule has 2 rings (SSSR count). The third kappa shape index (κ3) is 1.95. The lowest BCUT2D eigenvalue weighted by Gasteiger charge is -2.03. The Morgan fingerprint density at radius 3 is 2.75 bits per heavy atom. The Balaban J connectivity index is 2.83. The molecular weight excluding hydrogens is 246 g/mol. The maximum atomic E-state index is 11.3. The van der Waals surface area contributed by atoms with E-state index < -0.39 is 8.77 Å². The number of benzene rings is 1. The first-order chi connectivity index (χ1) is 7.52. The van der Waals surface area contributed by atoms with Gasteiger partial charge in [-0.3, -0.25) is 9.78 Å². The first-order valence-corrected chi connectivity index (χ1v) is 6.78. The zero-order valence-electron chi connectivity index (χ0n) is 7.99. The number of rotatable bonds is 2. The molecule has 0 fully saturated rings. The Hall–Kier alpha value is -1.37. The molecule has 0 saturated heterocycles. The largest absolute Gasteiger partial charge is 0.302 e. The summed E-state index contributed by atoms with van der Waals surface area (Å²) in [5.74, 6) is 0. The Morgan fingerprint density at radius 2 is 2.12 bits per heavy atom. The molecule has 0 aliphatic rings. The molecule has 4 nitrogen and oxygen atoms in total. The Bertz CT molecular complexity index is 665. The number of carbonyl (C=O) groups is 1. The minimum absolute atomic E-state index is 0.117. The number of nitrogens with zero attached hydrogens (tertiary/aromatic N) is 1. The van der Waals surface area contributed by atoms with Crippen LogP contribution in [0.25, 0.3) is 10.9 Å². The molecule has 1 heterocycles. The van der Waals surface area contributed by atoms with Gasteiger partial charge in [-0.2, -0.15) is 0 Å². The number of carbonyl (C=O) groups excluding carboxylic acids is 1. The van der Waals surface area contributed by atoms with Gasteiger partial charge in [-0.1, -0.05) is 0 Å². The fourth-order valence-corrected chi connectivity index (χ4v) is 2.23. The molecule has 0 spiro atoms. The summed E-state index contributed by atoms with van der Waals surface area (Å²) >= 11 is 4.47. The smallest absolute Gasteiger partial charge is 0.171 e. The average molecular weight is 253 g/mol. The van der Waals surface area contributed by atoms with Gasteiger partial charge in [0, 0.05) is 28.3 Å². The minimum Gasteiger partial charge on any atom is -0.302 e. The second-order valence-corrected chi connectivity index (χ2v) is 5.95. The van der Waals surface area contributed by atoms with E-state index in [1.807, 2.05) is 0 Å². The molecular formula is C10H7NO3S2. The van der Waals surface area contributed by atoms with Gasteiger partial charge < -0.3 is 4.55 Å². The maximum Gasteiger partial charge on any atom is 0.171 e. The molecule has 0 amide bonds. The Kier molecular flexibility index (Phi) is 2.71. The molecule has 16 heavy (non-hydrogen) atoms. The monoisotopic (exact) mass is 253 g/mol. The van der Waals surface area contributed by atoms with Gasteiger partial charge in [0.15, 0.2) is 15.1 Å². The second-order valence-electron chi connectivity index (χ2n) is 3.17. The van der Waals surface area contributed by atoms with E-state index in [1.54, 1.807) is 12.1 Å². The van der Waals surface area contributed by atoms with Crippen molar-refractivity contribution in [2.24, 2.45) is 0 Å². The van der Waals surface area contributed by atoms with Gasteiger partial charge in [-0.05, 0) is 24.3 Å². The summed E-state index contributed by atoms with van der Waals surface area (Å²) in [7, 11) is -3.43. The number of fused-ring (bicyclic) bond motifs is 1. The van der Waals surface area contributed by atoms with E-state index in [0.29, 0.717) is 22.8 Å². The first-order valence-electron chi connectivity index (χ1n) is 4.34. The third-order valence-corrected chi connectivity index (χ3v) is 3.60. The van der Waals surface area contributed by atoms with Crippen molar-refractivity contribution < 1.29 is 13.6 Å². The van der Waals surface area contributed by atoms with Crippen LogP contribution in [0.4, 0.5) is 0 Å². The van der Waals surface area contributed by atoms with E-state index in [9.17, 15) is 13.6 Å². The van der Waals surface area contributed by atoms with Gasteiger partial charge in [0.2, 0.25) is 0 Å². The molecule has 0 saturated carbocycles. The van der Waals surface area contributed by atoms with Gasteiger partial charge in [-0.25, -0.2) is 4.21 Å². The molecule has 1 N–H and O–H groups in total. The molecule has 6 heteroatoms. The maximum absolute atomic E-state index is 11.3. The molecule has 0 radical (unpaired) electrons. The zero-order valence-corrected chi connectivity index (χ0v) is 9.62. The number of hydrogen-bond acceptors (Lipinski definition) is 4. The van der Waals surface area contributed by atoms with Gasteiger partial charge >= 0.3 is 0 Å². The lowest BCUT2D eigenvalue weighted by molar-refractivity contribution is 0.112. The minimum atomic E-state index is -3.43. The highest BCUT2D eigenvalue weighted by Gasteiger charge is 2.08. The Morgan fingerprint density at radius 1 is 1.38 bits per heavy atom. The summed E-state index contributed by atoms with van der Waals surface area (Å²) in [6.45, 7) is 0. The van der Waals surface area contributed by atoms with Crippen LogP contribution in [0.2, 0.25) is 0 Å². The topological polar surface area (TPSA) is 67.3 Å². The highest BCUT2D eigenvalue weighted by molar-refractivity contribution is 8.29. The van der Waals surface area contributed by atoms with Crippen molar-refractivity contribution >= 4 is 37.2 Å². The molecule has 1 aromatic heterocycles. The van der Waals surface area contributed by atoms with Crippen molar-refractivity contribution in [3.05, 3.63) is 36.0 Å². The van der Waals surface area contributed by atoms with Crippen molar-refractivity contribution in [1.82, 2.24) is 4.98 Å². The van der Waals surface area contributed by atoms with Crippen LogP contribution >= 0.6 is 0 Å². The SMILES string of the molecule is O=Cc1ccnc2ccc(S(=O)(O)=S)cc12. The lowest BCUT2D eigenvalue weighted by atomic mass is 10.1. The van der Waals surface area contributed by atoms with Crippen LogP contribution in [0.5, 0.6) is 0 Å². The van der Waals surface area contributed by atoms with Gasteiger partial charge in [0.05, 0.1) is 10.4 Å². The van der Waals surface area contributed by atoms with Crippen LogP contribution in [-0.4, -0.2) is 20.0 Å². The normalized spacial score (nSPS) is 14.6. The quantitative estimate of drug-likeness (QED) is 0.824. The van der Waals surface area contributed by atoms with Crippen molar-refractivity contribution in [3.63, 3.8) is 0 Å². The first kappa shape index (κ1) is 11.1. The molecule has 0 aliphatic heterocycles. The number of pyridine rings is 1. The zero-order chi connectivity index (χ0) is 11.8. The molecule has 0 aliphatic carbocycles. The van der Waals surface area contributed by atoms with E-state index in [1.165, 1.54) is 18.3 Å². The van der Waals surface area contributed by atoms with Crippen LogP contribution in [0, 0.1) is 0 Å². The third-order valence-electron chi connectivity index (χ3n) is 2.17. The number of hydrogen-bond donors (Lipinski definition) is 1. The van der Waals surface area contributed by atoms with Crippen molar-refractivity contribution in [2.45, 2.75) is 4.90 Å². The molecule has 1 atom stereocenters. The van der Waals surface area contributed by atoms with Crippen LogP contribution in [0.3, 0.4) is 0 Å². The van der Waals surface area contributed by atoms with Crippen LogP contribution in [-0.2, 0) is 20.0 Å². The number of aldehydes is 1. The van der Waals surface area contributed by atoms with E-state index in [0.717, 1.165) is 0 Å². The summed E-state index contributed by atoms with van der Waals surface area (Å²) in [6, 6.07) is 5.99. The highest BCUT2D eigenvalue weighted by atomic mass is 32.8. The molecule has 1 unspecified atom stereocenters. The van der Waals surface area contributed by atoms with Crippen molar-refractivity contribution in [3.8, 4) is 0 Å². The summed E-state index contributed by atoms with van der Waals surface area (Å²) in [4.78, 5) is 15.0. The summed E-state index contributed by atoms with van der Waals surface area (Å²) in [5.41, 5.74) is 1.01. The average Bonchev–Trinajstić information content (AvgIpc) is 2.26. The highest BCUT2D eigenvalue weighted by Crippen LogP contribution is 2.20. The van der Waals surface area contributed by atoms with E-state index in [4.69, 9.17) is 0 Å². The molecule has 82 valence electrons. The molecule has 1 aromatic carbocycles. The van der Waals surface area contributed by atoms with Crippen LogP contribution < -0.4 is 0 Å². The summed E-state index contributed by atoms with van der Waals surface area (Å²) < 4.78 is 20.5. The fraction of sp³-hybridized carbons (Fsp3) is 0. The van der Waals surface area contributed by atoms with E-state index in [2.05, 4.69) is 16.2 Å². The lowest BCUT2D eigenvalue weighted by Crippen LogP contribution is -1.97. The Labute approximate surface area is 96.8 Å². The van der Waals surface area contributed by atoms with Crippen molar-refractivity contribution in [2.75, 3.05) is 0 Å². The summed E-state index contributed by atoms with van der Waals surface area (Å²) in [6.07, 6.45) is 2.19. The van der Waals surface area contributed by atoms with E-state index in [-0.39, 0.29) is 4.90 Å². The summed E-state index contributed by atoms with van der Waals surface area (Å²) in [5, 5.41) is 0.529. The van der Waals surface area contributed by atoms with Crippen LogP contribution in [0.15, 0.2) is 35.4 Å².